The Balaban J connectivity index is 1.49. The molecule has 1 aliphatic rings. The maximum absolute atomic E-state index is 12.2. The maximum atomic E-state index is 12.2. The normalized spacial score (nSPS) is 14.6. The second-order valence-electron chi connectivity index (χ2n) is 6.45. The second-order valence-corrected chi connectivity index (χ2v) is 6.45. The average molecular weight is 316 g/mol. The molecule has 2 aromatic heterocycles. The molecule has 1 fully saturated rings. The zero-order valence-corrected chi connectivity index (χ0v) is 13.8. The van der Waals surface area contributed by atoms with Crippen molar-refractivity contribution in [3.8, 4) is 0 Å². The maximum Gasteiger partial charge on any atom is 0.252 e. The van der Waals surface area contributed by atoms with E-state index in [1.807, 2.05) is 10.7 Å². The van der Waals surface area contributed by atoms with E-state index in [-0.39, 0.29) is 11.9 Å². The van der Waals surface area contributed by atoms with Crippen molar-refractivity contribution in [1.82, 2.24) is 20.1 Å². The average Bonchev–Trinajstić information content (AvgIpc) is 3.26. The number of rotatable bonds is 8. The third-order valence-corrected chi connectivity index (χ3v) is 3.99. The van der Waals surface area contributed by atoms with E-state index in [2.05, 4.69) is 29.2 Å². The van der Waals surface area contributed by atoms with Crippen LogP contribution in [0.1, 0.15) is 49.5 Å². The van der Waals surface area contributed by atoms with Gasteiger partial charge in [0, 0.05) is 37.4 Å². The number of aromatic nitrogens is 3. The van der Waals surface area contributed by atoms with E-state index in [1.54, 1.807) is 12.4 Å². The molecular weight excluding hydrogens is 292 g/mol. The summed E-state index contributed by atoms with van der Waals surface area (Å²) in [5.74, 6) is 0.688. The number of hydrogen-bond acceptors (Lipinski definition) is 4. The Labute approximate surface area is 136 Å². The van der Waals surface area contributed by atoms with Gasteiger partial charge in [-0.15, -0.1) is 0 Å². The van der Waals surface area contributed by atoms with Crippen LogP contribution in [0.4, 0.5) is 0 Å². The van der Waals surface area contributed by atoms with Crippen LogP contribution >= 0.6 is 0 Å². The first-order valence-corrected chi connectivity index (χ1v) is 8.34. The zero-order chi connectivity index (χ0) is 16.2. The molecule has 3 rings (SSSR count). The molecule has 1 saturated carbocycles. The van der Waals surface area contributed by atoms with E-state index in [0.29, 0.717) is 18.7 Å². The highest BCUT2D eigenvalue weighted by atomic mass is 16.5. The molecule has 1 N–H and O–H groups in total. The Morgan fingerprint density at radius 2 is 2.26 bits per heavy atom. The first-order valence-electron chi connectivity index (χ1n) is 8.34. The van der Waals surface area contributed by atoms with E-state index in [9.17, 15) is 4.79 Å². The van der Waals surface area contributed by atoms with Crippen LogP contribution in [-0.4, -0.2) is 40.4 Å². The molecule has 23 heavy (non-hydrogen) atoms. The van der Waals surface area contributed by atoms with Crippen LogP contribution in [0, 0.1) is 5.92 Å². The van der Waals surface area contributed by atoms with Crippen LogP contribution in [0.2, 0.25) is 0 Å². The van der Waals surface area contributed by atoms with Crippen LogP contribution < -0.4 is 5.32 Å². The molecule has 6 heteroatoms. The molecule has 2 heterocycles. The van der Waals surface area contributed by atoms with Gasteiger partial charge in [-0.2, -0.15) is 5.10 Å². The van der Waals surface area contributed by atoms with E-state index < -0.39 is 0 Å². The van der Waals surface area contributed by atoms with Crippen molar-refractivity contribution in [3.63, 3.8) is 0 Å². The number of ether oxygens (including phenoxy) is 1. The number of pyridine rings is 1. The van der Waals surface area contributed by atoms with E-state index in [4.69, 9.17) is 4.74 Å². The molecule has 0 atom stereocenters. The van der Waals surface area contributed by atoms with Gasteiger partial charge < -0.3 is 10.1 Å². The monoisotopic (exact) mass is 316 g/mol. The van der Waals surface area contributed by atoms with Gasteiger partial charge in [0.25, 0.3) is 5.91 Å². The quantitative estimate of drug-likeness (QED) is 0.760. The van der Waals surface area contributed by atoms with Gasteiger partial charge in [-0.3, -0.25) is 4.79 Å². The van der Waals surface area contributed by atoms with Crippen molar-refractivity contribution in [1.29, 1.82) is 0 Å². The van der Waals surface area contributed by atoms with Gasteiger partial charge in [-0.05, 0) is 45.1 Å². The summed E-state index contributed by atoms with van der Waals surface area (Å²) in [6, 6.07) is 2.09. The van der Waals surface area contributed by atoms with E-state index >= 15 is 0 Å². The highest BCUT2D eigenvalue weighted by Crippen LogP contribution is 2.28. The molecule has 0 bridgehead atoms. The van der Waals surface area contributed by atoms with Gasteiger partial charge in [0.05, 0.1) is 11.8 Å². The lowest BCUT2D eigenvalue weighted by atomic mass is 10.2. The van der Waals surface area contributed by atoms with Crippen LogP contribution in [-0.2, 0) is 4.74 Å². The summed E-state index contributed by atoms with van der Waals surface area (Å²) in [5, 5.41) is 8.12. The van der Waals surface area contributed by atoms with Crippen molar-refractivity contribution in [3.05, 3.63) is 24.0 Å². The standard InChI is InChI=1S/C17H24N4O2/c1-12(2)21-16-14(10-20-21)8-15(9-19-16)17(22)18-6-3-7-23-11-13-4-5-13/h8-10,12-13H,3-7,11H2,1-2H3,(H,18,22). The van der Waals surface area contributed by atoms with Crippen LogP contribution in [0.15, 0.2) is 18.5 Å². The summed E-state index contributed by atoms with van der Waals surface area (Å²) >= 11 is 0. The molecule has 0 spiro atoms. The fourth-order valence-electron chi connectivity index (χ4n) is 2.45. The van der Waals surface area contributed by atoms with Crippen molar-refractivity contribution in [2.45, 2.75) is 39.2 Å². The van der Waals surface area contributed by atoms with Gasteiger partial charge >= 0.3 is 0 Å². The lowest BCUT2D eigenvalue weighted by Crippen LogP contribution is -2.25. The number of nitrogens with one attached hydrogen (secondary N) is 1. The molecule has 1 amide bonds. The minimum atomic E-state index is -0.0983. The molecule has 0 saturated heterocycles. The zero-order valence-electron chi connectivity index (χ0n) is 13.8. The number of nitrogens with zero attached hydrogens (tertiary/aromatic N) is 3. The first kappa shape index (κ1) is 15.9. The number of hydrogen-bond donors (Lipinski definition) is 1. The topological polar surface area (TPSA) is 69.0 Å². The number of amides is 1. The molecular formula is C17H24N4O2. The molecule has 6 nitrogen and oxygen atoms in total. The fourth-order valence-corrected chi connectivity index (χ4v) is 2.45. The van der Waals surface area contributed by atoms with Crippen molar-refractivity contribution in [2.24, 2.45) is 5.92 Å². The lowest BCUT2D eigenvalue weighted by molar-refractivity contribution is 0.0937. The van der Waals surface area contributed by atoms with Crippen LogP contribution in [0.5, 0.6) is 0 Å². The van der Waals surface area contributed by atoms with Crippen molar-refractivity contribution < 1.29 is 9.53 Å². The summed E-state index contributed by atoms with van der Waals surface area (Å²) in [6.45, 7) is 6.30. The number of fused-ring (bicyclic) bond motifs is 1. The third-order valence-electron chi connectivity index (χ3n) is 3.99. The molecule has 0 unspecified atom stereocenters. The minimum absolute atomic E-state index is 0.0983. The summed E-state index contributed by atoms with van der Waals surface area (Å²) in [6.07, 6.45) is 6.81. The van der Waals surface area contributed by atoms with Crippen molar-refractivity contribution >= 4 is 16.9 Å². The Kier molecular flexibility index (Phi) is 4.91. The summed E-state index contributed by atoms with van der Waals surface area (Å²) in [5.41, 5.74) is 1.38. The highest BCUT2D eigenvalue weighted by molar-refractivity contribution is 5.96. The summed E-state index contributed by atoms with van der Waals surface area (Å²) in [4.78, 5) is 16.5. The van der Waals surface area contributed by atoms with Gasteiger partial charge in [0.1, 0.15) is 0 Å². The van der Waals surface area contributed by atoms with Crippen LogP contribution in [0.3, 0.4) is 0 Å². The first-order chi connectivity index (χ1) is 11.1. The largest absolute Gasteiger partial charge is 0.381 e. The summed E-state index contributed by atoms with van der Waals surface area (Å²) in [7, 11) is 0. The van der Waals surface area contributed by atoms with Gasteiger partial charge in [-0.1, -0.05) is 0 Å². The second kappa shape index (κ2) is 7.08. The van der Waals surface area contributed by atoms with Gasteiger partial charge in [0.2, 0.25) is 0 Å². The smallest absolute Gasteiger partial charge is 0.252 e. The molecule has 0 radical (unpaired) electrons. The summed E-state index contributed by atoms with van der Waals surface area (Å²) < 4.78 is 7.41. The highest BCUT2D eigenvalue weighted by Gasteiger charge is 2.20. The van der Waals surface area contributed by atoms with E-state index in [1.165, 1.54) is 12.8 Å². The Bertz CT molecular complexity index is 676. The van der Waals surface area contributed by atoms with Crippen molar-refractivity contribution in [2.75, 3.05) is 19.8 Å². The Morgan fingerprint density at radius 1 is 1.43 bits per heavy atom. The molecule has 124 valence electrons. The molecule has 2 aromatic rings. The number of carbonyl (C=O) groups is 1. The lowest BCUT2D eigenvalue weighted by Gasteiger charge is -2.07. The minimum Gasteiger partial charge on any atom is -0.381 e. The van der Waals surface area contributed by atoms with Crippen LogP contribution in [0.25, 0.3) is 11.0 Å². The predicted octanol–water partition coefficient (Wildman–Crippen LogP) is 2.56. The van der Waals surface area contributed by atoms with E-state index in [0.717, 1.165) is 30.0 Å². The fraction of sp³-hybridized carbons (Fsp3) is 0.588. The molecule has 1 aliphatic carbocycles. The van der Waals surface area contributed by atoms with Gasteiger partial charge in [-0.25, -0.2) is 9.67 Å². The molecule has 0 aliphatic heterocycles. The van der Waals surface area contributed by atoms with Gasteiger partial charge in [0.15, 0.2) is 5.65 Å². The Hall–Kier alpha value is -1.95. The Morgan fingerprint density at radius 3 is 3.00 bits per heavy atom. The third kappa shape index (κ3) is 4.07. The predicted molar refractivity (Wildman–Crippen MR) is 88.4 cm³/mol. The SMILES string of the molecule is CC(C)n1ncc2cc(C(=O)NCCCOCC3CC3)cnc21. The molecule has 0 aromatic carbocycles. The number of carbonyl (C=O) groups excluding carboxylic acids is 1.